The van der Waals surface area contributed by atoms with Crippen LogP contribution in [0.1, 0.15) is 10.4 Å². The minimum atomic E-state index is -5.00. The quantitative estimate of drug-likeness (QED) is 0.786. The van der Waals surface area contributed by atoms with Gasteiger partial charge in [-0.1, -0.05) is 0 Å². The first-order chi connectivity index (χ1) is 6.81. The summed E-state index contributed by atoms with van der Waals surface area (Å²) in [6, 6.07) is 0. The summed E-state index contributed by atoms with van der Waals surface area (Å²) in [5.74, 6) is -2.56. The molecule has 8 heteroatoms. The molecule has 0 amide bonds. The number of carbonyl (C=O) groups is 1. The summed E-state index contributed by atoms with van der Waals surface area (Å²) in [5, 5.41) is 8.54. The Labute approximate surface area is 81.3 Å². The highest BCUT2D eigenvalue weighted by Crippen LogP contribution is 2.30. The number of aromatic nitrogens is 1. The van der Waals surface area contributed by atoms with Gasteiger partial charge in [0.1, 0.15) is 5.56 Å². The molecule has 0 aromatic carbocycles. The Morgan fingerprint density at radius 3 is 2.53 bits per heavy atom. The predicted octanol–water partition coefficient (Wildman–Crippen LogP) is 1.26. The molecular formula is C7H5F3N2O3. The van der Waals surface area contributed by atoms with Crippen molar-refractivity contribution in [3.05, 3.63) is 18.0 Å². The summed E-state index contributed by atoms with van der Waals surface area (Å²) in [6.45, 7) is 0. The van der Waals surface area contributed by atoms with E-state index < -0.39 is 29.3 Å². The van der Waals surface area contributed by atoms with Gasteiger partial charge in [-0.2, -0.15) is 0 Å². The summed E-state index contributed by atoms with van der Waals surface area (Å²) >= 11 is 0. The van der Waals surface area contributed by atoms with E-state index in [0.717, 1.165) is 12.4 Å². The van der Waals surface area contributed by atoms with Crippen LogP contribution in [-0.2, 0) is 0 Å². The Kier molecular flexibility index (Phi) is 2.69. The minimum Gasteiger partial charge on any atom is -0.477 e. The van der Waals surface area contributed by atoms with Crippen LogP contribution in [0.25, 0.3) is 0 Å². The maximum atomic E-state index is 11.9. The third kappa shape index (κ3) is 2.73. The van der Waals surface area contributed by atoms with Gasteiger partial charge in [-0.3, -0.25) is 4.98 Å². The summed E-state index contributed by atoms with van der Waals surface area (Å²) in [6.07, 6.45) is -3.41. The molecule has 0 atom stereocenters. The number of carboxylic acids is 1. The second kappa shape index (κ2) is 3.64. The van der Waals surface area contributed by atoms with Crippen LogP contribution in [0.4, 0.5) is 18.9 Å². The van der Waals surface area contributed by atoms with Crippen molar-refractivity contribution in [3.8, 4) is 5.75 Å². The van der Waals surface area contributed by atoms with Crippen LogP contribution < -0.4 is 10.5 Å². The number of pyridine rings is 1. The van der Waals surface area contributed by atoms with Gasteiger partial charge in [-0.15, -0.1) is 13.2 Å². The third-order valence-electron chi connectivity index (χ3n) is 1.37. The number of hydrogen-bond acceptors (Lipinski definition) is 4. The number of halogens is 3. The van der Waals surface area contributed by atoms with Crippen LogP contribution in [-0.4, -0.2) is 22.4 Å². The highest BCUT2D eigenvalue weighted by Gasteiger charge is 2.34. The molecule has 1 rings (SSSR count). The van der Waals surface area contributed by atoms with Crippen LogP contribution in [0.5, 0.6) is 5.75 Å². The first-order valence-corrected chi connectivity index (χ1v) is 3.54. The summed E-state index contributed by atoms with van der Waals surface area (Å²) < 4.78 is 39.1. The molecule has 1 aromatic heterocycles. The molecule has 1 aromatic rings. The van der Waals surface area contributed by atoms with Crippen molar-refractivity contribution in [1.82, 2.24) is 4.98 Å². The highest BCUT2D eigenvalue weighted by atomic mass is 19.4. The van der Waals surface area contributed by atoms with Crippen molar-refractivity contribution in [2.45, 2.75) is 6.36 Å². The van der Waals surface area contributed by atoms with Gasteiger partial charge in [0, 0.05) is 6.20 Å². The zero-order valence-corrected chi connectivity index (χ0v) is 7.08. The van der Waals surface area contributed by atoms with E-state index in [1.165, 1.54) is 0 Å². The van der Waals surface area contributed by atoms with E-state index in [2.05, 4.69) is 9.72 Å². The van der Waals surface area contributed by atoms with Gasteiger partial charge in [0.2, 0.25) is 0 Å². The Bertz CT molecular complexity index is 392. The predicted molar refractivity (Wildman–Crippen MR) is 42.3 cm³/mol. The molecule has 0 unspecified atom stereocenters. The molecule has 0 saturated carbocycles. The van der Waals surface area contributed by atoms with Crippen LogP contribution in [0.2, 0.25) is 0 Å². The monoisotopic (exact) mass is 222 g/mol. The zero-order valence-electron chi connectivity index (χ0n) is 7.08. The first-order valence-electron chi connectivity index (χ1n) is 3.54. The largest absolute Gasteiger partial charge is 0.573 e. The number of anilines is 1. The van der Waals surface area contributed by atoms with Gasteiger partial charge >= 0.3 is 12.3 Å². The van der Waals surface area contributed by atoms with Gasteiger partial charge < -0.3 is 15.6 Å². The second-order valence-corrected chi connectivity index (χ2v) is 2.46. The molecule has 0 spiro atoms. The number of ether oxygens (including phenoxy) is 1. The normalized spacial score (nSPS) is 11.1. The van der Waals surface area contributed by atoms with Gasteiger partial charge in [0.15, 0.2) is 5.75 Å². The van der Waals surface area contributed by atoms with Crippen LogP contribution in [0.15, 0.2) is 12.4 Å². The summed E-state index contributed by atoms with van der Waals surface area (Å²) in [5.41, 5.74) is 3.88. The maximum Gasteiger partial charge on any atom is 0.573 e. The van der Waals surface area contributed by atoms with Crippen molar-refractivity contribution in [2.24, 2.45) is 0 Å². The number of nitrogen functional groups attached to an aromatic ring is 1. The summed E-state index contributed by atoms with van der Waals surface area (Å²) in [7, 11) is 0. The van der Waals surface area contributed by atoms with Crippen molar-refractivity contribution >= 4 is 11.7 Å². The molecule has 0 aliphatic rings. The average Bonchev–Trinajstić information content (AvgIpc) is 2.05. The van der Waals surface area contributed by atoms with E-state index in [1.54, 1.807) is 0 Å². The molecule has 82 valence electrons. The van der Waals surface area contributed by atoms with Gasteiger partial charge in [0.05, 0.1) is 11.9 Å². The smallest absolute Gasteiger partial charge is 0.477 e. The lowest BCUT2D eigenvalue weighted by molar-refractivity contribution is -0.274. The Balaban J connectivity index is 3.19. The van der Waals surface area contributed by atoms with Crippen LogP contribution in [0, 0.1) is 0 Å². The Morgan fingerprint density at radius 1 is 1.47 bits per heavy atom. The van der Waals surface area contributed by atoms with E-state index in [1.807, 2.05) is 0 Å². The number of nitrogens with zero attached hydrogens (tertiary/aromatic N) is 1. The molecule has 0 fully saturated rings. The van der Waals surface area contributed by atoms with Crippen molar-refractivity contribution < 1.29 is 27.8 Å². The topological polar surface area (TPSA) is 85.4 Å². The molecule has 0 radical (unpaired) electrons. The molecule has 0 aliphatic carbocycles. The number of aromatic carboxylic acids is 1. The molecule has 0 aliphatic heterocycles. The van der Waals surface area contributed by atoms with Gasteiger partial charge in [-0.25, -0.2) is 4.79 Å². The number of nitrogens with two attached hydrogens (primary N) is 1. The average molecular weight is 222 g/mol. The molecule has 3 N–H and O–H groups in total. The lowest BCUT2D eigenvalue weighted by atomic mass is 10.2. The number of hydrogen-bond donors (Lipinski definition) is 2. The molecule has 0 bridgehead atoms. The van der Waals surface area contributed by atoms with E-state index in [0.29, 0.717) is 0 Å². The number of carboxylic acid groups (broad SMARTS) is 1. The highest BCUT2D eigenvalue weighted by molar-refractivity contribution is 5.92. The number of alkyl halides is 3. The van der Waals surface area contributed by atoms with Crippen LogP contribution >= 0.6 is 0 Å². The molecule has 5 nitrogen and oxygen atoms in total. The van der Waals surface area contributed by atoms with Gasteiger partial charge in [0.25, 0.3) is 0 Å². The fraction of sp³-hybridized carbons (Fsp3) is 0.143. The molecule has 1 heterocycles. The second-order valence-electron chi connectivity index (χ2n) is 2.46. The minimum absolute atomic E-state index is 0.493. The van der Waals surface area contributed by atoms with E-state index in [4.69, 9.17) is 10.8 Å². The van der Waals surface area contributed by atoms with E-state index >= 15 is 0 Å². The van der Waals surface area contributed by atoms with E-state index in [-0.39, 0.29) is 0 Å². The number of rotatable bonds is 2. The lowest BCUT2D eigenvalue weighted by Gasteiger charge is -2.12. The zero-order chi connectivity index (χ0) is 11.6. The van der Waals surface area contributed by atoms with Gasteiger partial charge in [-0.05, 0) is 0 Å². The lowest BCUT2D eigenvalue weighted by Crippen LogP contribution is -2.20. The van der Waals surface area contributed by atoms with Crippen molar-refractivity contribution in [1.29, 1.82) is 0 Å². The Morgan fingerprint density at radius 2 is 2.07 bits per heavy atom. The maximum absolute atomic E-state index is 11.9. The third-order valence-corrected chi connectivity index (χ3v) is 1.37. The van der Waals surface area contributed by atoms with E-state index in [9.17, 15) is 18.0 Å². The van der Waals surface area contributed by atoms with Crippen molar-refractivity contribution in [2.75, 3.05) is 5.73 Å². The Hall–Kier alpha value is -1.99. The fourth-order valence-electron chi connectivity index (χ4n) is 0.847. The molecule has 15 heavy (non-hydrogen) atoms. The fourth-order valence-corrected chi connectivity index (χ4v) is 0.847. The standard InChI is InChI=1S/C7H5F3N2O3/c8-7(9,10)15-5-3(6(13)14)1-12-2-4(5)11/h1-2H,11H2,(H,13,14). The van der Waals surface area contributed by atoms with Crippen molar-refractivity contribution in [3.63, 3.8) is 0 Å². The SMILES string of the molecule is Nc1cncc(C(=O)O)c1OC(F)(F)F. The molecular weight excluding hydrogens is 217 g/mol. The van der Waals surface area contributed by atoms with Crippen LogP contribution in [0.3, 0.4) is 0 Å². The first kappa shape index (κ1) is 11.1. The molecule has 0 saturated heterocycles. The summed E-state index contributed by atoms with van der Waals surface area (Å²) in [4.78, 5) is 13.9.